The van der Waals surface area contributed by atoms with Crippen LogP contribution in [-0.4, -0.2) is 14.8 Å². The van der Waals surface area contributed by atoms with Crippen molar-refractivity contribution in [2.75, 3.05) is 0 Å². The average Bonchev–Trinajstić information content (AvgIpc) is 2.75. The number of benzene rings is 1. The van der Waals surface area contributed by atoms with E-state index in [1.807, 2.05) is 0 Å². The monoisotopic (exact) mass is 270 g/mol. The summed E-state index contributed by atoms with van der Waals surface area (Å²) in [6.45, 7) is 7.02. The molecule has 0 aliphatic carbocycles. The van der Waals surface area contributed by atoms with Gasteiger partial charge in [-0.3, -0.25) is 14.6 Å². The number of halogens is 1. The highest BCUT2D eigenvalue weighted by Gasteiger charge is 2.09. The predicted molar refractivity (Wildman–Crippen MR) is 73.0 cm³/mol. The SMILES string of the molecule is [C-]#[N+]c1cccc(-n2[nH]c(=O)c3cnc(Cl)cc32)c1. The van der Waals surface area contributed by atoms with E-state index in [0.29, 0.717) is 27.4 Å². The Labute approximate surface area is 112 Å². The van der Waals surface area contributed by atoms with E-state index in [0.717, 1.165) is 0 Å². The van der Waals surface area contributed by atoms with Gasteiger partial charge in [0, 0.05) is 12.3 Å². The van der Waals surface area contributed by atoms with Crippen LogP contribution in [0.3, 0.4) is 0 Å². The first-order valence-corrected chi connectivity index (χ1v) is 5.81. The molecule has 1 N–H and O–H groups in total. The molecule has 3 aromatic rings. The lowest BCUT2D eigenvalue weighted by Crippen LogP contribution is -2.03. The fourth-order valence-corrected chi connectivity index (χ4v) is 2.06. The van der Waals surface area contributed by atoms with E-state index in [1.54, 1.807) is 35.0 Å². The van der Waals surface area contributed by atoms with Gasteiger partial charge in [-0.15, -0.1) is 0 Å². The quantitative estimate of drug-likeness (QED) is 0.546. The van der Waals surface area contributed by atoms with Gasteiger partial charge in [0.1, 0.15) is 5.15 Å². The third-order valence-electron chi connectivity index (χ3n) is 2.76. The van der Waals surface area contributed by atoms with Crippen LogP contribution in [0.5, 0.6) is 0 Å². The summed E-state index contributed by atoms with van der Waals surface area (Å²) >= 11 is 5.86. The summed E-state index contributed by atoms with van der Waals surface area (Å²) in [5, 5.41) is 3.47. The summed E-state index contributed by atoms with van der Waals surface area (Å²) in [6.07, 6.45) is 1.44. The first-order valence-electron chi connectivity index (χ1n) is 5.43. The van der Waals surface area contributed by atoms with Crippen LogP contribution >= 0.6 is 11.6 Å². The molecule has 5 nitrogen and oxygen atoms in total. The zero-order valence-electron chi connectivity index (χ0n) is 9.59. The molecule has 0 atom stereocenters. The van der Waals surface area contributed by atoms with Gasteiger partial charge in [-0.25, -0.2) is 9.83 Å². The average molecular weight is 271 g/mol. The normalized spacial score (nSPS) is 10.5. The number of aromatic amines is 1. The van der Waals surface area contributed by atoms with E-state index >= 15 is 0 Å². The van der Waals surface area contributed by atoms with Crippen molar-refractivity contribution in [3.63, 3.8) is 0 Å². The van der Waals surface area contributed by atoms with Crippen LogP contribution in [0, 0.1) is 6.57 Å². The maximum atomic E-state index is 11.8. The molecule has 92 valence electrons. The van der Waals surface area contributed by atoms with Crippen LogP contribution in [-0.2, 0) is 0 Å². The van der Waals surface area contributed by atoms with Crippen molar-refractivity contribution in [1.82, 2.24) is 14.8 Å². The van der Waals surface area contributed by atoms with Crippen LogP contribution < -0.4 is 5.56 Å². The first kappa shape index (κ1) is 11.5. The van der Waals surface area contributed by atoms with Crippen LogP contribution in [0.15, 0.2) is 41.3 Å². The third-order valence-corrected chi connectivity index (χ3v) is 2.97. The number of nitrogens with one attached hydrogen (secondary N) is 1. The van der Waals surface area contributed by atoms with Gasteiger partial charge in [0.05, 0.1) is 23.2 Å². The van der Waals surface area contributed by atoms with Gasteiger partial charge in [-0.2, -0.15) is 0 Å². The Bertz CT molecular complexity index is 872. The van der Waals surface area contributed by atoms with Gasteiger partial charge in [-0.05, 0) is 12.1 Å². The molecule has 0 amide bonds. The van der Waals surface area contributed by atoms with Gasteiger partial charge in [-0.1, -0.05) is 23.7 Å². The molecule has 3 rings (SSSR count). The lowest BCUT2D eigenvalue weighted by Gasteiger charge is -2.04. The standard InChI is InChI=1S/C13H7ClN4O/c1-15-8-3-2-4-9(5-8)18-11-6-12(14)16-7-10(11)13(19)17-18/h2-7H,(H,17,19). The maximum Gasteiger partial charge on any atom is 0.273 e. The molecule has 0 fully saturated rings. The molecule has 1 aromatic carbocycles. The first-order chi connectivity index (χ1) is 9.19. The summed E-state index contributed by atoms with van der Waals surface area (Å²) < 4.78 is 1.60. The molecule has 0 radical (unpaired) electrons. The van der Waals surface area contributed by atoms with Crippen molar-refractivity contribution in [2.24, 2.45) is 0 Å². The number of hydrogen-bond acceptors (Lipinski definition) is 2. The Balaban J connectivity index is 2.33. The molecule has 0 bridgehead atoms. The molecular weight excluding hydrogens is 264 g/mol. The van der Waals surface area contributed by atoms with E-state index in [4.69, 9.17) is 18.2 Å². The van der Waals surface area contributed by atoms with Crippen molar-refractivity contribution in [3.05, 3.63) is 63.5 Å². The fourth-order valence-electron chi connectivity index (χ4n) is 1.91. The molecule has 0 aliphatic rings. The molecule has 0 saturated heterocycles. The number of hydrogen-bond donors (Lipinski definition) is 1. The highest BCUT2D eigenvalue weighted by Crippen LogP contribution is 2.21. The van der Waals surface area contributed by atoms with Crippen LogP contribution in [0.4, 0.5) is 5.69 Å². The van der Waals surface area contributed by atoms with Gasteiger partial charge in [0.15, 0.2) is 5.69 Å². The predicted octanol–water partition coefficient (Wildman–Crippen LogP) is 2.92. The molecule has 6 heteroatoms. The second kappa shape index (κ2) is 4.26. The van der Waals surface area contributed by atoms with Crippen molar-refractivity contribution in [2.45, 2.75) is 0 Å². The molecule has 0 spiro atoms. The largest absolute Gasteiger partial charge is 0.273 e. The van der Waals surface area contributed by atoms with E-state index in [1.165, 1.54) is 6.20 Å². The van der Waals surface area contributed by atoms with Gasteiger partial charge in [0.2, 0.25) is 0 Å². The number of nitrogens with zero attached hydrogens (tertiary/aromatic N) is 3. The molecule has 19 heavy (non-hydrogen) atoms. The summed E-state index contributed by atoms with van der Waals surface area (Å²) in [4.78, 5) is 19.1. The van der Waals surface area contributed by atoms with Crippen LogP contribution in [0.2, 0.25) is 5.15 Å². The Morgan fingerprint density at radius 2 is 2.21 bits per heavy atom. The maximum absolute atomic E-state index is 11.8. The fraction of sp³-hybridized carbons (Fsp3) is 0. The number of H-pyrrole nitrogens is 1. The van der Waals surface area contributed by atoms with Crippen LogP contribution in [0.1, 0.15) is 0 Å². The van der Waals surface area contributed by atoms with Crippen molar-refractivity contribution in [1.29, 1.82) is 0 Å². The summed E-state index contributed by atoms with van der Waals surface area (Å²) in [7, 11) is 0. The minimum Gasteiger partial charge on any atom is -0.267 e. The molecular formula is C13H7ClN4O. The molecule has 2 heterocycles. The van der Waals surface area contributed by atoms with Gasteiger partial charge in [0.25, 0.3) is 5.56 Å². The second-order valence-electron chi connectivity index (χ2n) is 3.93. The topological polar surface area (TPSA) is 55.0 Å². The number of rotatable bonds is 1. The molecule has 2 aromatic heterocycles. The Morgan fingerprint density at radius 3 is 3.00 bits per heavy atom. The van der Waals surface area contributed by atoms with Crippen LogP contribution in [0.25, 0.3) is 21.4 Å². The molecule has 0 unspecified atom stereocenters. The van der Waals surface area contributed by atoms with Crippen molar-refractivity contribution in [3.8, 4) is 5.69 Å². The van der Waals surface area contributed by atoms with Gasteiger partial charge < -0.3 is 0 Å². The smallest absolute Gasteiger partial charge is 0.267 e. The molecule has 0 saturated carbocycles. The zero-order chi connectivity index (χ0) is 13.4. The minimum absolute atomic E-state index is 0.243. The lowest BCUT2D eigenvalue weighted by atomic mass is 10.2. The summed E-state index contributed by atoms with van der Waals surface area (Å²) in [5.74, 6) is 0. The van der Waals surface area contributed by atoms with E-state index in [2.05, 4.69) is 14.9 Å². The molecule has 0 aliphatic heterocycles. The summed E-state index contributed by atoms with van der Waals surface area (Å²) in [5.41, 5.74) is 1.59. The van der Waals surface area contributed by atoms with Gasteiger partial charge >= 0.3 is 0 Å². The highest BCUT2D eigenvalue weighted by atomic mass is 35.5. The lowest BCUT2D eigenvalue weighted by molar-refractivity contribution is 0.891. The van der Waals surface area contributed by atoms with Crippen molar-refractivity contribution < 1.29 is 0 Å². The number of pyridine rings is 1. The third kappa shape index (κ3) is 1.88. The Morgan fingerprint density at radius 1 is 1.37 bits per heavy atom. The van der Waals surface area contributed by atoms with E-state index in [-0.39, 0.29) is 5.56 Å². The highest BCUT2D eigenvalue weighted by molar-refractivity contribution is 6.30. The van der Waals surface area contributed by atoms with Crippen molar-refractivity contribution >= 4 is 28.2 Å². The zero-order valence-corrected chi connectivity index (χ0v) is 10.3. The Hall–Kier alpha value is -2.58. The Kier molecular flexibility index (Phi) is 2.58. The summed E-state index contributed by atoms with van der Waals surface area (Å²) in [6, 6.07) is 8.57. The minimum atomic E-state index is -0.243. The number of fused-ring (bicyclic) bond motifs is 1. The van der Waals surface area contributed by atoms with E-state index in [9.17, 15) is 4.79 Å². The second-order valence-corrected chi connectivity index (χ2v) is 4.32. The number of aromatic nitrogens is 3. The van der Waals surface area contributed by atoms with E-state index < -0.39 is 0 Å².